The van der Waals surface area contributed by atoms with E-state index in [0.29, 0.717) is 5.69 Å². The van der Waals surface area contributed by atoms with Gasteiger partial charge in [-0.3, -0.25) is 14.5 Å². The van der Waals surface area contributed by atoms with Crippen LogP contribution < -0.4 is 16.0 Å². The maximum absolute atomic E-state index is 12.5. The van der Waals surface area contributed by atoms with E-state index < -0.39 is 29.7 Å². The smallest absolute Gasteiger partial charge is 0.410 e. The van der Waals surface area contributed by atoms with Gasteiger partial charge in [0.15, 0.2) is 0 Å². The number of hydrogen-bond donors (Lipinski definition) is 3. The summed E-state index contributed by atoms with van der Waals surface area (Å²) in [4.78, 5) is 38.1. The molecule has 8 nitrogen and oxygen atoms in total. The summed E-state index contributed by atoms with van der Waals surface area (Å²) in [6.07, 6.45) is -0.601. The van der Waals surface area contributed by atoms with Gasteiger partial charge in [0.1, 0.15) is 17.7 Å². The van der Waals surface area contributed by atoms with Crippen molar-refractivity contribution in [1.82, 2.24) is 10.2 Å². The molecule has 0 bridgehead atoms. The number of likely N-dealkylation sites (N-methyl/N-ethyl adjacent to an activating group) is 1. The van der Waals surface area contributed by atoms with Gasteiger partial charge in [-0.15, -0.1) is 0 Å². The highest BCUT2D eigenvalue weighted by Crippen LogP contribution is 2.23. The van der Waals surface area contributed by atoms with E-state index in [4.69, 9.17) is 4.74 Å². The molecule has 1 aliphatic rings. The maximum atomic E-state index is 12.5. The van der Waals surface area contributed by atoms with Crippen molar-refractivity contribution < 1.29 is 19.1 Å². The average Bonchev–Trinajstić information content (AvgIpc) is 2.71. The summed E-state index contributed by atoms with van der Waals surface area (Å²) in [6, 6.07) is 5.75. The Kier molecular flexibility index (Phi) is 5.74. The molecular weight excluding hydrogens is 336 g/mol. The Labute approximate surface area is 153 Å². The van der Waals surface area contributed by atoms with Crippen LogP contribution in [0.1, 0.15) is 27.7 Å². The second kappa shape index (κ2) is 7.63. The molecule has 0 aromatic heterocycles. The van der Waals surface area contributed by atoms with Crippen molar-refractivity contribution in [3.63, 3.8) is 0 Å². The lowest BCUT2D eigenvalue weighted by atomic mass is 10.2. The van der Waals surface area contributed by atoms with E-state index in [9.17, 15) is 14.4 Å². The normalized spacial score (nSPS) is 17.7. The highest BCUT2D eigenvalue weighted by Gasteiger charge is 2.30. The minimum Gasteiger partial charge on any atom is -0.444 e. The molecule has 0 radical (unpaired) electrons. The molecule has 0 fully saturated rings. The number of anilines is 2. The van der Waals surface area contributed by atoms with E-state index in [1.54, 1.807) is 33.8 Å². The molecule has 3 amide bonds. The summed E-state index contributed by atoms with van der Waals surface area (Å²) < 4.78 is 5.26. The van der Waals surface area contributed by atoms with Crippen molar-refractivity contribution in [2.45, 2.75) is 45.4 Å². The van der Waals surface area contributed by atoms with E-state index >= 15 is 0 Å². The molecule has 3 N–H and O–H groups in total. The van der Waals surface area contributed by atoms with Gasteiger partial charge in [-0.2, -0.15) is 0 Å². The predicted molar refractivity (Wildman–Crippen MR) is 99.0 cm³/mol. The second-order valence-corrected chi connectivity index (χ2v) is 7.24. The Morgan fingerprint density at radius 2 is 1.88 bits per heavy atom. The van der Waals surface area contributed by atoms with Crippen molar-refractivity contribution in [2.24, 2.45) is 0 Å². The first kappa shape index (κ1) is 19.6. The van der Waals surface area contributed by atoms with Gasteiger partial charge in [-0.05, 0) is 39.8 Å². The number of nitrogens with one attached hydrogen (secondary N) is 3. The number of nitrogens with zero attached hydrogens (tertiary/aromatic N) is 1. The number of para-hydroxylation sites is 2. The number of benzene rings is 1. The number of fused-ring (bicyclic) bond motifs is 1. The molecule has 1 unspecified atom stereocenters. The third-order valence-corrected chi connectivity index (χ3v) is 3.96. The molecule has 0 spiro atoms. The van der Waals surface area contributed by atoms with Crippen LogP contribution in [0.4, 0.5) is 16.2 Å². The van der Waals surface area contributed by atoms with Crippen molar-refractivity contribution >= 4 is 29.3 Å². The van der Waals surface area contributed by atoms with Crippen LogP contribution in [0.2, 0.25) is 0 Å². The van der Waals surface area contributed by atoms with Gasteiger partial charge in [0.05, 0.1) is 11.4 Å². The highest BCUT2D eigenvalue weighted by atomic mass is 16.6. The minimum absolute atomic E-state index is 0.247. The second-order valence-electron chi connectivity index (χ2n) is 7.24. The fourth-order valence-electron chi connectivity index (χ4n) is 2.35. The van der Waals surface area contributed by atoms with E-state index in [1.165, 1.54) is 11.9 Å². The summed E-state index contributed by atoms with van der Waals surface area (Å²) in [7, 11) is 1.49. The van der Waals surface area contributed by atoms with Gasteiger partial charge >= 0.3 is 6.09 Å². The van der Waals surface area contributed by atoms with Crippen LogP contribution >= 0.6 is 0 Å². The van der Waals surface area contributed by atoms with Crippen LogP contribution in [0.3, 0.4) is 0 Å². The lowest BCUT2D eigenvalue weighted by molar-refractivity contribution is -0.129. The van der Waals surface area contributed by atoms with Crippen LogP contribution in [0.25, 0.3) is 0 Å². The van der Waals surface area contributed by atoms with Gasteiger partial charge in [0, 0.05) is 13.6 Å². The number of carbonyl (C=O) groups is 3. The zero-order valence-corrected chi connectivity index (χ0v) is 15.8. The van der Waals surface area contributed by atoms with E-state index in [0.717, 1.165) is 5.69 Å². The Morgan fingerprint density at radius 1 is 1.27 bits per heavy atom. The van der Waals surface area contributed by atoms with Gasteiger partial charge in [-0.1, -0.05) is 12.1 Å². The van der Waals surface area contributed by atoms with Gasteiger partial charge in [-0.25, -0.2) is 4.79 Å². The van der Waals surface area contributed by atoms with Crippen molar-refractivity contribution in [2.75, 3.05) is 24.2 Å². The van der Waals surface area contributed by atoms with Crippen molar-refractivity contribution in [3.8, 4) is 0 Å². The molecule has 0 saturated carbocycles. The van der Waals surface area contributed by atoms with Crippen LogP contribution in [0.5, 0.6) is 0 Å². The Hall–Kier alpha value is -2.77. The molecule has 0 saturated heterocycles. The predicted octanol–water partition coefficient (Wildman–Crippen LogP) is 1.79. The molecule has 1 aromatic carbocycles. The average molecular weight is 362 g/mol. The minimum atomic E-state index is -0.789. The quantitative estimate of drug-likeness (QED) is 0.761. The summed E-state index contributed by atoms with van der Waals surface area (Å²) in [5.41, 5.74) is 0.794. The van der Waals surface area contributed by atoms with Gasteiger partial charge < -0.3 is 20.7 Å². The fraction of sp³-hybridized carbons (Fsp3) is 0.500. The Bertz CT molecular complexity index is 699. The Balaban J connectivity index is 1.98. The van der Waals surface area contributed by atoms with Crippen molar-refractivity contribution in [3.05, 3.63) is 24.3 Å². The first-order valence-electron chi connectivity index (χ1n) is 8.48. The third kappa shape index (κ3) is 4.87. The number of rotatable bonds is 3. The molecular formula is C18H26N4O4. The summed E-state index contributed by atoms with van der Waals surface area (Å²) in [5.74, 6) is -0.755. The largest absolute Gasteiger partial charge is 0.444 e. The van der Waals surface area contributed by atoms with Crippen LogP contribution in [-0.2, 0) is 14.3 Å². The standard InChI is InChI=1S/C18H26N4O4/c1-11(22(5)17(25)26-18(2,3)4)15(23)21-14-10-19-12-8-6-7-9-13(12)20-16(14)24/h6-9,11,14,19H,10H2,1-5H3,(H,20,24)(H,21,23)/t11?,14-/m0/s1. The van der Waals surface area contributed by atoms with Crippen LogP contribution in [0.15, 0.2) is 24.3 Å². The van der Waals surface area contributed by atoms with Gasteiger partial charge in [0.2, 0.25) is 11.8 Å². The van der Waals surface area contributed by atoms with E-state index in [-0.39, 0.29) is 12.5 Å². The Morgan fingerprint density at radius 3 is 2.50 bits per heavy atom. The summed E-state index contributed by atoms with van der Waals surface area (Å²) >= 11 is 0. The monoisotopic (exact) mass is 362 g/mol. The van der Waals surface area contributed by atoms with Crippen LogP contribution in [-0.4, -0.2) is 54.1 Å². The lowest BCUT2D eigenvalue weighted by Crippen LogP contribution is -2.54. The first-order chi connectivity index (χ1) is 12.1. The van der Waals surface area contributed by atoms with Gasteiger partial charge in [0.25, 0.3) is 0 Å². The first-order valence-corrected chi connectivity index (χ1v) is 8.48. The number of hydrogen-bond acceptors (Lipinski definition) is 5. The number of carbonyl (C=O) groups excluding carboxylic acids is 3. The lowest BCUT2D eigenvalue weighted by Gasteiger charge is -2.28. The SMILES string of the molecule is CC(C(=O)N[C@H]1CNc2ccccc2NC1=O)N(C)C(=O)OC(C)(C)C. The molecule has 8 heteroatoms. The molecule has 2 atom stereocenters. The zero-order chi connectivity index (χ0) is 19.5. The molecule has 2 rings (SSSR count). The molecule has 26 heavy (non-hydrogen) atoms. The number of amides is 3. The van der Waals surface area contributed by atoms with Crippen LogP contribution in [0, 0.1) is 0 Å². The fourth-order valence-corrected chi connectivity index (χ4v) is 2.35. The summed E-state index contributed by atoms with van der Waals surface area (Å²) in [6.45, 7) is 7.08. The molecule has 1 heterocycles. The topological polar surface area (TPSA) is 99.8 Å². The third-order valence-electron chi connectivity index (χ3n) is 3.96. The van der Waals surface area contributed by atoms with E-state index in [1.807, 2.05) is 18.2 Å². The van der Waals surface area contributed by atoms with Crippen molar-refractivity contribution in [1.29, 1.82) is 0 Å². The molecule has 142 valence electrons. The zero-order valence-electron chi connectivity index (χ0n) is 15.8. The molecule has 1 aliphatic heterocycles. The highest BCUT2D eigenvalue weighted by molar-refractivity contribution is 6.01. The number of ether oxygens (including phenoxy) is 1. The maximum Gasteiger partial charge on any atom is 0.410 e. The summed E-state index contributed by atoms with van der Waals surface area (Å²) in [5, 5.41) is 8.59. The molecule has 1 aromatic rings. The van der Waals surface area contributed by atoms with E-state index in [2.05, 4.69) is 16.0 Å². The molecule has 0 aliphatic carbocycles.